The van der Waals surface area contributed by atoms with Crippen LogP contribution < -0.4 is 15.4 Å². The number of ether oxygens (including phenoxy) is 1. The minimum Gasteiger partial charge on any atom is -0.494 e. The highest BCUT2D eigenvalue weighted by atomic mass is 16.5. The summed E-state index contributed by atoms with van der Waals surface area (Å²) in [6.45, 7) is 1.57. The number of hydrogen-bond donors (Lipinski definition) is 1. The van der Waals surface area contributed by atoms with Crippen LogP contribution in [0.15, 0.2) is 36.7 Å². The SMILES string of the molecule is COc1cnc(N2CC(CCN)c3ccccc32)nc1. The minimum atomic E-state index is 0.446. The highest BCUT2D eigenvalue weighted by molar-refractivity contribution is 5.67. The molecule has 2 aromatic rings. The Kier molecular flexibility index (Phi) is 3.52. The van der Waals surface area contributed by atoms with Gasteiger partial charge in [0.15, 0.2) is 5.75 Å². The molecule has 20 heavy (non-hydrogen) atoms. The standard InChI is InChI=1S/C15H18N4O/c1-20-12-8-17-15(18-9-12)19-10-11(6-7-16)13-4-2-3-5-14(13)19/h2-5,8-9,11H,6-7,10,16H2,1H3. The predicted octanol–water partition coefficient (Wildman–Crippen LogP) is 2.07. The predicted molar refractivity (Wildman–Crippen MR) is 78.4 cm³/mol. The summed E-state index contributed by atoms with van der Waals surface area (Å²) in [5, 5.41) is 0. The minimum absolute atomic E-state index is 0.446. The largest absolute Gasteiger partial charge is 0.494 e. The zero-order valence-corrected chi connectivity index (χ0v) is 11.5. The molecule has 0 spiro atoms. The van der Waals surface area contributed by atoms with E-state index in [1.807, 2.05) is 6.07 Å². The smallest absolute Gasteiger partial charge is 0.230 e. The molecule has 0 fully saturated rings. The summed E-state index contributed by atoms with van der Waals surface area (Å²) in [5.74, 6) is 1.82. The number of fused-ring (bicyclic) bond motifs is 1. The fourth-order valence-corrected chi connectivity index (χ4v) is 2.69. The molecule has 0 saturated carbocycles. The number of nitrogens with two attached hydrogens (primary N) is 1. The average Bonchev–Trinajstić information content (AvgIpc) is 2.87. The summed E-state index contributed by atoms with van der Waals surface area (Å²) in [4.78, 5) is 10.9. The second kappa shape index (κ2) is 5.46. The van der Waals surface area contributed by atoms with Gasteiger partial charge in [0.25, 0.3) is 0 Å². The Morgan fingerprint density at radius 3 is 2.75 bits per heavy atom. The lowest BCUT2D eigenvalue weighted by Crippen LogP contribution is -2.19. The van der Waals surface area contributed by atoms with Crippen LogP contribution in [0.4, 0.5) is 11.6 Å². The maximum atomic E-state index is 5.72. The van der Waals surface area contributed by atoms with E-state index in [4.69, 9.17) is 10.5 Å². The molecular weight excluding hydrogens is 252 g/mol. The number of benzene rings is 1. The van der Waals surface area contributed by atoms with Crippen LogP contribution in [-0.2, 0) is 0 Å². The van der Waals surface area contributed by atoms with E-state index in [1.165, 1.54) is 11.3 Å². The third-order valence-corrected chi connectivity index (χ3v) is 3.68. The van der Waals surface area contributed by atoms with Crippen LogP contribution in [0.3, 0.4) is 0 Å². The number of hydrogen-bond acceptors (Lipinski definition) is 5. The van der Waals surface area contributed by atoms with Gasteiger partial charge in [0.05, 0.1) is 19.5 Å². The molecule has 1 aliphatic heterocycles. The summed E-state index contributed by atoms with van der Waals surface area (Å²) in [6, 6.07) is 8.39. The van der Waals surface area contributed by atoms with Gasteiger partial charge in [-0.25, -0.2) is 9.97 Å². The fourth-order valence-electron chi connectivity index (χ4n) is 2.69. The molecule has 0 bridgehead atoms. The quantitative estimate of drug-likeness (QED) is 0.921. The van der Waals surface area contributed by atoms with Crippen molar-refractivity contribution in [1.29, 1.82) is 0 Å². The molecule has 104 valence electrons. The molecule has 0 aliphatic carbocycles. The number of anilines is 2. The number of methoxy groups -OCH3 is 1. The zero-order chi connectivity index (χ0) is 13.9. The van der Waals surface area contributed by atoms with Crippen molar-refractivity contribution in [3.8, 4) is 5.75 Å². The Morgan fingerprint density at radius 1 is 1.30 bits per heavy atom. The van der Waals surface area contributed by atoms with Gasteiger partial charge in [-0.15, -0.1) is 0 Å². The molecular formula is C15H18N4O. The van der Waals surface area contributed by atoms with E-state index < -0.39 is 0 Å². The molecule has 1 aromatic heterocycles. The molecule has 1 unspecified atom stereocenters. The van der Waals surface area contributed by atoms with Gasteiger partial charge < -0.3 is 15.4 Å². The lowest BCUT2D eigenvalue weighted by atomic mass is 9.98. The maximum Gasteiger partial charge on any atom is 0.230 e. The lowest BCUT2D eigenvalue weighted by molar-refractivity contribution is 0.410. The number of nitrogens with zero attached hydrogens (tertiary/aromatic N) is 3. The van der Waals surface area contributed by atoms with Crippen LogP contribution in [0, 0.1) is 0 Å². The number of rotatable bonds is 4. The van der Waals surface area contributed by atoms with Crippen molar-refractivity contribution in [2.75, 3.05) is 25.1 Å². The van der Waals surface area contributed by atoms with Crippen molar-refractivity contribution >= 4 is 11.6 Å². The molecule has 0 amide bonds. The summed E-state index contributed by atoms with van der Waals surface area (Å²) in [5.41, 5.74) is 8.23. The molecule has 5 nitrogen and oxygen atoms in total. The fraction of sp³-hybridized carbons (Fsp3) is 0.333. The van der Waals surface area contributed by atoms with Crippen LogP contribution in [-0.4, -0.2) is 30.2 Å². The molecule has 3 rings (SSSR count). The molecule has 2 N–H and O–H groups in total. The summed E-state index contributed by atoms with van der Waals surface area (Å²) >= 11 is 0. The third-order valence-electron chi connectivity index (χ3n) is 3.68. The first kappa shape index (κ1) is 12.9. The second-order valence-corrected chi connectivity index (χ2v) is 4.87. The molecule has 1 aliphatic rings. The van der Waals surface area contributed by atoms with Crippen molar-refractivity contribution in [1.82, 2.24) is 9.97 Å². The first-order valence-corrected chi connectivity index (χ1v) is 6.76. The van der Waals surface area contributed by atoms with E-state index in [2.05, 4.69) is 33.1 Å². The summed E-state index contributed by atoms with van der Waals surface area (Å²) in [6.07, 6.45) is 4.37. The summed E-state index contributed by atoms with van der Waals surface area (Å²) in [7, 11) is 1.61. The van der Waals surface area contributed by atoms with Crippen LogP contribution in [0.1, 0.15) is 17.9 Å². The van der Waals surface area contributed by atoms with Gasteiger partial charge >= 0.3 is 0 Å². The van der Waals surface area contributed by atoms with Gasteiger partial charge in [0.1, 0.15) is 0 Å². The van der Waals surface area contributed by atoms with Crippen molar-refractivity contribution < 1.29 is 4.74 Å². The Hall–Kier alpha value is -2.14. The topological polar surface area (TPSA) is 64.3 Å². The highest BCUT2D eigenvalue weighted by Gasteiger charge is 2.29. The number of aromatic nitrogens is 2. The summed E-state index contributed by atoms with van der Waals surface area (Å²) < 4.78 is 5.10. The highest BCUT2D eigenvalue weighted by Crippen LogP contribution is 2.40. The van der Waals surface area contributed by atoms with Crippen molar-refractivity contribution in [2.24, 2.45) is 5.73 Å². The Morgan fingerprint density at radius 2 is 2.05 bits per heavy atom. The van der Waals surface area contributed by atoms with Gasteiger partial charge in [-0.1, -0.05) is 18.2 Å². The van der Waals surface area contributed by atoms with E-state index >= 15 is 0 Å². The van der Waals surface area contributed by atoms with Gasteiger partial charge in [0.2, 0.25) is 5.95 Å². The van der Waals surface area contributed by atoms with Crippen molar-refractivity contribution in [2.45, 2.75) is 12.3 Å². The molecule has 1 aromatic carbocycles. The normalized spacial score (nSPS) is 17.1. The van der Waals surface area contributed by atoms with Crippen LogP contribution >= 0.6 is 0 Å². The maximum absolute atomic E-state index is 5.72. The van der Waals surface area contributed by atoms with Gasteiger partial charge in [-0.2, -0.15) is 0 Å². The molecule has 5 heteroatoms. The third kappa shape index (κ3) is 2.20. The van der Waals surface area contributed by atoms with Crippen LogP contribution in [0.5, 0.6) is 5.75 Å². The molecule has 2 heterocycles. The van der Waals surface area contributed by atoms with E-state index in [0.29, 0.717) is 24.2 Å². The van der Waals surface area contributed by atoms with E-state index in [-0.39, 0.29) is 0 Å². The zero-order valence-electron chi connectivity index (χ0n) is 11.5. The number of para-hydroxylation sites is 1. The monoisotopic (exact) mass is 270 g/mol. The van der Waals surface area contributed by atoms with Crippen LogP contribution in [0.2, 0.25) is 0 Å². The van der Waals surface area contributed by atoms with E-state index in [1.54, 1.807) is 19.5 Å². The molecule has 1 atom stereocenters. The Labute approximate surface area is 118 Å². The lowest BCUT2D eigenvalue weighted by Gasteiger charge is -2.17. The van der Waals surface area contributed by atoms with Gasteiger partial charge in [0, 0.05) is 18.2 Å². The second-order valence-electron chi connectivity index (χ2n) is 4.87. The molecule has 0 saturated heterocycles. The Bertz CT molecular complexity index is 585. The Balaban J connectivity index is 1.94. The first-order valence-electron chi connectivity index (χ1n) is 6.76. The van der Waals surface area contributed by atoms with Crippen LogP contribution in [0.25, 0.3) is 0 Å². The van der Waals surface area contributed by atoms with Gasteiger partial charge in [-0.3, -0.25) is 0 Å². The first-order chi connectivity index (χ1) is 9.83. The van der Waals surface area contributed by atoms with E-state index in [9.17, 15) is 0 Å². The van der Waals surface area contributed by atoms with Crippen molar-refractivity contribution in [3.63, 3.8) is 0 Å². The average molecular weight is 270 g/mol. The van der Waals surface area contributed by atoms with E-state index in [0.717, 1.165) is 13.0 Å². The van der Waals surface area contributed by atoms with Gasteiger partial charge in [-0.05, 0) is 24.6 Å². The van der Waals surface area contributed by atoms with Crippen molar-refractivity contribution in [3.05, 3.63) is 42.2 Å². The molecule has 0 radical (unpaired) electrons.